The van der Waals surface area contributed by atoms with Crippen LogP contribution in [0.4, 0.5) is 0 Å². The lowest BCUT2D eigenvalue weighted by atomic mass is 10.2. The van der Waals surface area contributed by atoms with Crippen molar-refractivity contribution >= 4 is 22.1 Å². The summed E-state index contributed by atoms with van der Waals surface area (Å²) in [5.41, 5.74) is 3.09. The molecular formula is C15H15N3O3S. The number of nitrogens with one attached hydrogen (secondary N) is 2. The van der Waals surface area contributed by atoms with Gasteiger partial charge in [0, 0.05) is 0 Å². The first-order chi connectivity index (χ1) is 10.6. The fraction of sp³-hybridized carbons (Fsp3) is 0.0667. The number of amides is 1. The van der Waals surface area contributed by atoms with E-state index in [0.717, 1.165) is 5.56 Å². The van der Waals surface area contributed by atoms with Crippen LogP contribution in [0.15, 0.2) is 70.7 Å². The van der Waals surface area contributed by atoms with Crippen LogP contribution in [-0.4, -0.2) is 27.1 Å². The molecule has 0 aliphatic carbocycles. The van der Waals surface area contributed by atoms with Crippen LogP contribution in [0.1, 0.15) is 5.56 Å². The fourth-order valence-corrected chi connectivity index (χ4v) is 2.60. The molecule has 0 radical (unpaired) electrons. The lowest BCUT2D eigenvalue weighted by molar-refractivity contribution is -0.119. The third-order valence-corrected chi connectivity index (χ3v) is 4.10. The summed E-state index contributed by atoms with van der Waals surface area (Å²) in [6.07, 6.45) is 1.48. The van der Waals surface area contributed by atoms with Gasteiger partial charge in [-0.1, -0.05) is 48.5 Å². The minimum Gasteiger partial charge on any atom is -0.272 e. The molecule has 0 heterocycles. The van der Waals surface area contributed by atoms with Crippen LogP contribution < -0.4 is 10.1 Å². The zero-order chi connectivity index (χ0) is 15.8. The van der Waals surface area contributed by atoms with Gasteiger partial charge in [0.05, 0.1) is 17.7 Å². The van der Waals surface area contributed by atoms with Gasteiger partial charge < -0.3 is 0 Å². The molecule has 0 spiro atoms. The largest absolute Gasteiger partial charge is 0.272 e. The van der Waals surface area contributed by atoms with Crippen LogP contribution in [0.25, 0.3) is 0 Å². The van der Waals surface area contributed by atoms with E-state index in [9.17, 15) is 13.2 Å². The van der Waals surface area contributed by atoms with Gasteiger partial charge in [-0.05, 0) is 17.7 Å². The maximum absolute atomic E-state index is 11.9. The maximum Gasteiger partial charge on any atom is 0.255 e. The Bertz CT molecular complexity index is 744. The van der Waals surface area contributed by atoms with Crippen molar-refractivity contribution in [3.8, 4) is 0 Å². The minimum absolute atomic E-state index is 0.107. The second-order valence-corrected chi connectivity index (χ2v) is 6.11. The van der Waals surface area contributed by atoms with E-state index < -0.39 is 15.9 Å². The Kier molecular flexibility index (Phi) is 5.40. The molecule has 0 aliphatic heterocycles. The van der Waals surface area contributed by atoms with E-state index in [1.807, 2.05) is 30.3 Å². The first kappa shape index (κ1) is 15.9. The molecule has 0 saturated heterocycles. The van der Waals surface area contributed by atoms with Gasteiger partial charge in [0.2, 0.25) is 10.0 Å². The summed E-state index contributed by atoms with van der Waals surface area (Å²) in [5.74, 6) is -0.549. The normalized spacial score (nSPS) is 11.5. The first-order valence-electron chi connectivity index (χ1n) is 6.49. The third kappa shape index (κ3) is 4.80. The monoisotopic (exact) mass is 317 g/mol. The molecule has 2 N–H and O–H groups in total. The minimum atomic E-state index is -3.70. The van der Waals surface area contributed by atoms with Crippen molar-refractivity contribution < 1.29 is 13.2 Å². The van der Waals surface area contributed by atoms with Gasteiger partial charge >= 0.3 is 0 Å². The summed E-state index contributed by atoms with van der Waals surface area (Å²) in [6, 6.07) is 17.0. The summed E-state index contributed by atoms with van der Waals surface area (Å²) in [4.78, 5) is 11.7. The van der Waals surface area contributed by atoms with Crippen molar-refractivity contribution in [2.24, 2.45) is 5.10 Å². The second kappa shape index (κ2) is 7.48. The highest BCUT2D eigenvalue weighted by molar-refractivity contribution is 7.89. The molecule has 2 rings (SSSR count). The molecule has 0 aliphatic rings. The molecule has 2 aromatic rings. The number of hydrogen-bond acceptors (Lipinski definition) is 4. The standard InChI is InChI=1S/C15H15N3O3S/c19-15(18-16-11-13-7-3-1-4-8-13)12-17-22(20,21)14-9-5-2-6-10-14/h1-11,17H,12H2,(H,18,19). The van der Waals surface area contributed by atoms with Gasteiger partial charge in [0.1, 0.15) is 0 Å². The number of carbonyl (C=O) groups is 1. The third-order valence-electron chi connectivity index (χ3n) is 2.68. The smallest absolute Gasteiger partial charge is 0.255 e. The van der Waals surface area contributed by atoms with E-state index in [2.05, 4.69) is 15.2 Å². The molecule has 0 bridgehead atoms. The highest BCUT2D eigenvalue weighted by Gasteiger charge is 2.14. The lowest BCUT2D eigenvalue weighted by Crippen LogP contribution is -2.34. The van der Waals surface area contributed by atoms with Gasteiger partial charge in [-0.2, -0.15) is 5.10 Å². The number of sulfonamides is 1. The van der Waals surface area contributed by atoms with Crippen molar-refractivity contribution in [1.29, 1.82) is 0 Å². The number of hydrogen-bond donors (Lipinski definition) is 2. The van der Waals surface area contributed by atoms with E-state index in [4.69, 9.17) is 0 Å². The average molecular weight is 317 g/mol. The Hall–Kier alpha value is -2.51. The van der Waals surface area contributed by atoms with Crippen LogP contribution in [-0.2, 0) is 14.8 Å². The summed E-state index contributed by atoms with van der Waals surface area (Å²) < 4.78 is 26.0. The van der Waals surface area contributed by atoms with Crippen molar-refractivity contribution in [2.75, 3.05) is 6.54 Å². The van der Waals surface area contributed by atoms with Gasteiger partial charge in [-0.3, -0.25) is 4.79 Å². The van der Waals surface area contributed by atoms with Gasteiger partial charge in [0.15, 0.2) is 0 Å². The van der Waals surface area contributed by atoms with Crippen LogP contribution >= 0.6 is 0 Å². The van der Waals surface area contributed by atoms with Gasteiger partial charge in [-0.15, -0.1) is 0 Å². The molecule has 0 unspecified atom stereocenters. The predicted molar refractivity (Wildman–Crippen MR) is 83.8 cm³/mol. The van der Waals surface area contributed by atoms with E-state index in [1.54, 1.807) is 18.2 Å². The summed E-state index contributed by atoms with van der Waals surface area (Å²) >= 11 is 0. The topological polar surface area (TPSA) is 87.6 Å². The first-order valence-corrected chi connectivity index (χ1v) is 7.98. The van der Waals surface area contributed by atoms with Crippen molar-refractivity contribution in [1.82, 2.24) is 10.1 Å². The highest BCUT2D eigenvalue weighted by atomic mass is 32.2. The van der Waals surface area contributed by atoms with Crippen LogP contribution in [0.5, 0.6) is 0 Å². The van der Waals surface area contributed by atoms with Crippen molar-refractivity contribution in [3.05, 3.63) is 66.2 Å². The molecule has 0 aromatic heterocycles. The van der Waals surface area contributed by atoms with E-state index >= 15 is 0 Å². The molecule has 0 fully saturated rings. The van der Waals surface area contributed by atoms with Gasteiger partial charge in [-0.25, -0.2) is 18.6 Å². The van der Waals surface area contributed by atoms with Crippen LogP contribution in [0.3, 0.4) is 0 Å². The Morgan fingerprint density at radius 1 is 1.00 bits per heavy atom. The Labute approximate surface area is 128 Å². The molecule has 0 saturated carbocycles. The van der Waals surface area contributed by atoms with Crippen molar-refractivity contribution in [3.63, 3.8) is 0 Å². The quantitative estimate of drug-likeness (QED) is 0.618. The molecule has 7 heteroatoms. The number of hydrazone groups is 1. The fourth-order valence-electron chi connectivity index (χ4n) is 1.60. The SMILES string of the molecule is O=C(CNS(=O)(=O)c1ccccc1)NN=Cc1ccccc1. The van der Waals surface area contributed by atoms with Crippen LogP contribution in [0, 0.1) is 0 Å². The average Bonchev–Trinajstić information content (AvgIpc) is 2.55. The molecular weight excluding hydrogens is 302 g/mol. The van der Waals surface area contributed by atoms with Gasteiger partial charge in [0.25, 0.3) is 5.91 Å². The summed E-state index contributed by atoms with van der Waals surface area (Å²) in [5, 5.41) is 3.76. The van der Waals surface area contributed by atoms with Crippen LogP contribution in [0.2, 0.25) is 0 Å². The summed E-state index contributed by atoms with van der Waals surface area (Å²) in [7, 11) is -3.70. The zero-order valence-corrected chi connectivity index (χ0v) is 12.5. The molecule has 114 valence electrons. The number of nitrogens with zero attached hydrogens (tertiary/aromatic N) is 1. The molecule has 6 nitrogen and oxygen atoms in total. The number of benzene rings is 2. The maximum atomic E-state index is 11.9. The lowest BCUT2D eigenvalue weighted by Gasteiger charge is -2.05. The molecule has 1 amide bonds. The van der Waals surface area contributed by atoms with E-state index in [-0.39, 0.29) is 11.4 Å². The Balaban J connectivity index is 1.84. The van der Waals surface area contributed by atoms with E-state index in [0.29, 0.717) is 0 Å². The number of rotatable bonds is 6. The van der Waals surface area contributed by atoms with E-state index in [1.165, 1.54) is 18.3 Å². The zero-order valence-electron chi connectivity index (χ0n) is 11.6. The molecule has 2 aromatic carbocycles. The Morgan fingerprint density at radius 3 is 2.23 bits per heavy atom. The molecule has 0 atom stereocenters. The second-order valence-electron chi connectivity index (χ2n) is 4.34. The summed E-state index contributed by atoms with van der Waals surface area (Å²) in [6.45, 7) is -0.386. The Morgan fingerprint density at radius 2 is 1.59 bits per heavy atom. The number of carbonyl (C=O) groups excluding carboxylic acids is 1. The predicted octanol–water partition coefficient (Wildman–Crippen LogP) is 1.12. The highest BCUT2D eigenvalue weighted by Crippen LogP contribution is 2.06. The molecule has 22 heavy (non-hydrogen) atoms. The van der Waals surface area contributed by atoms with Crippen molar-refractivity contribution in [2.45, 2.75) is 4.90 Å².